The second-order valence-corrected chi connectivity index (χ2v) is 6.39. The Bertz CT molecular complexity index is 686. The number of amides is 1. The Morgan fingerprint density at radius 3 is 2.86 bits per heavy atom. The number of hydrogen-bond acceptors (Lipinski definition) is 2. The number of benzene rings is 1. The van der Waals surface area contributed by atoms with Gasteiger partial charge in [0.15, 0.2) is 0 Å². The van der Waals surface area contributed by atoms with Crippen LogP contribution in [-0.4, -0.2) is 28.4 Å². The van der Waals surface area contributed by atoms with Crippen molar-refractivity contribution in [1.82, 2.24) is 9.88 Å². The van der Waals surface area contributed by atoms with Gasteiger partial charge in [-0.3, -0.25) is 4.79 Å². The summed E-state index contributed by atoms with van der Waals surface area (Å²) in [6, 6.07) is 9.63. The zero-order chi connectivity index (χ0) is 15.0. The predicted octanol–water partition coefficient (Wildman–Crippen LogP) is 4.15. The number of para-hydroxylation sites is 1. The van der Waals surface area contributed by atoms with Crippen LogP contribution in [0.3, 0.4) is 0 Å². The van der Waals surface area contributed by atoms with E-state index >= 15 is 0 Å². The Kier molecular flexibility index (Phi) is 3.85. The molecule has 3 nitrogen and oxygen atoms in total. The van der Waals surface area contributed by atoms with Crippen molar-refractivity contribution in [2.75, 3.05) is 6.54 Å². The highest BCUT2D eigenvalue weighted by Gasteiger charge is 2.28. The molecule has 0 N–H and O–H groups in total. The van der Waals surface area contributed by atoms with Gasteiger partial charge < -0.3 is 4.90 Å². The predicted molar refractivity (Wildman–Crippen MR) is 85.6 cm³/mol. The highest BCUT2D eigenvalue weighted by Crippen LogP contribution is 2.27. The topological polar surface area (TPSA) is 33.2 Å². The average Bonchev–Trinajstić information content (AvgIpc) is 2.48. The minimum absolute atomic E-state index is 0.0644. The summed E-state index contributed by atoms with van der Waals surface area (Å²) in [5.41, 5.74) is 1.43. The standard InChI is InChI=1S/C17H19ClN2O/c1-11-7-8-12(2)20(10-11)17(21)14-9-16(18)19-15-6-4-3-5-13(14)15/h3-6,9,11-12H,7-8,10H2,1-2H3. The molecular formula is C17H19ClN2O. The fraction of sp³-hybridized carbons (Fsp3) is 0.412. The maximum Gasteiger partial charge on any atom is 0.254 e. The van der Waals surface area contributed by atoms with Gasteiger partial charge in [-0.25, -0.2) is 4.98 Å². The molecule has 0 radical (unpaired) electrons. The third-order valence-corrected chi connectivity index (χ3v) is 4.49. The molecular weight excluding hydrogens is 284 g/mol. The maximum atomic E-state index is 13.0. The van der Waals surface area contributed by atoms with E-state index in [1.54, 1.807) is 6.07 Å². The number of likely N-dealkylation sites (tertiary alicyclic amines) is 1. The first-order valence-corrected chi connectivity index (χ1v) is 7.80. The first-order valence-electron chi connectivity index (χ1n) is 7.42. The number of rotatable bonds is 1. The summed E-state index contributed by atoms with van der Waals surface area (Å²) in [6.45, 7) is 5.13. The SMILES string of the molecule is CC1CCC(C)N(C(=O)c2cc(Cl)nc3ccccc23)C1. The van der Waals surface area contributed by atoms with E-state index in [4.69, 9.17) is 11.6 Å². The Labute approximate surface area is 129 Å². The van der Waals surface area contributed by atoms with Crippen molar-refractivity contribution in [3.05, 3.63) is 41.0 Å². The molecule has 2 heterocycles. The molecule has 1 aromatic carbocycles. The monoisotopic (exact) mass is 302 g/mol. The van der Waals surface area contributed by atoms with Crippen LogP contribution in [0.15, 0.2) is 30.3 Å². The van der Waals surface area contributed by atoms with E-state index < -0.39 is 0 Å². The van der Waals surface area contributed by atoms with Gasteiger partial charge in [-0.05, 0) is 37.8 Å². The number of carbonyl (C=O) groups is 1. The summed E-state index contributed by atoms with van der Waals surface area (Å²) in [5.74, 6) is 0.614. The lowest BCUT2D eigenvalue weighted by Gasteiger charge is -2.37. The molecule has 1 aliphatic heterocycles. The third-order valence-electron chi connectivity index (χ3n) is 4.29. The molecule has 1 aromatic heterocycles. The normalized spacial score (nSPS) is 22.5. The van der Waals surface area contributed by atoms with Crippen LogP contribution in [0.2, 0.25) is 5.15 Å². The van der Waals surface area contributed by atoms with Crippen LogP contribution in [0.5, 0.6) is 0 Å². The molecule has 4 heteroatoms. The van der Waals surface area contributed by atoms with Crippen molar-refractivity contribution in [3.63, 3.8) is 0 Å². The second-order valence-electron chi connectivity index (χ2n) is 6.00. The lowest BCUT2D eigenvalue weighted by atomic mass is 9.94. The molecule has 2 atom stereocenters. The fourth-order valence-corrected chi connectivity index (χ4v) is 3.25. The van der Waals surface area contributed by atoms with Crippen LogP contribution < -0.4 is 0 Å². The van der Waals surface area contributed by atoms with Crippen LogP contribution in [-0.2, 0) is 0 Å². The summed E-state index contributed by atoms with van der Waals surface area (Å²) in [6.07, 6.45) is 2.24. The van der Waals surface area contributed by atoms with Crippen LogP contribution in [0.4, 0.5) is 0 Å². The maximum absolute atomic E-state index is 13.0. The highest BCUT2D eigenvalue weighted by atomic mass is 35.5. The van der Waals surface area contributed by atoms with Gasteiger partial charge >= 0.3 is 0 Å². The molecule has 110 valence electrons. The van der Waals surface area contributed by atoms with Crippen molar-refractivity contribution in [2.24, 2.45) is 5.92 Å². The van der Waals surface area contributed by atoms with Gasteiger partial charge in [0.25, 0.3) is 5.91 Å². The smallest absolute Gasteiger partial charge is 0.254 e. The van der Waals surface area contributed by atoms with Crippen molar-refractivity contribution >= 4 is 28.4 Å². The zero-order valence-corrected chi connectivity index (χ0v) is 13.1. The number of fused-ring (bicyclic) bond motifs is 1. The number of pyridine rings is 1. The van der Waals surface area contributed by atoms with E-state index in [9.17, 15) is 4.79 Å². The number of halogens is 1. The van der Waals surface area contributed by atoms with Crippen LogP contribution in [0.1, 0.15) is 37.0 Å². The Balaban J connectivity index is 2.05. The lowest BCUT2D eigenvalue weighted by Crippen LogP contribution is -2.45. The number of carbonyl (C=O) groups excluding carboxylic acids is 1. The molecule has 0 spiro atoms. The number of nitrogens with zero attached hydrogens (tertiary/aromatic N) is 2. The molecule has 0 saturated carbocycles. The molecule has 1 fully saturated rings. The molecule has 21 heavy (non-hydrogen) atoms. The fourth-order valence-electron chi connectivity index (χ4n) is 3.05. The van der Waals surface area contributed by atoms with Gasteiger partial charge in [0.1, 0.15) is 5.15 Å². The molecule has 1 saturated heterocycles. The van der Waals surface area contributed by atoms with E-state index in [0.717, 1.165) is 23.9 Å². The van der Waals surface area contributed by atoms with Gasteiger partial charge in [-0.2, -0.15) is 0 Å². The molecule has 0 aliphatic carbocycles. The van der Waals surface area contributed by atoms with E-state index in [1.807, 2.05) is 29.2 Å². The van der Waals surface area contributed by atoms with Crippen molar-refractivity contribution in [2.45, 2.75) is 32.7 Å². The van der Waals surface area contributed by atoms with Crippen molar-refractivity contribution in [1.29, 1.82) is 0 Å². The molecule has 0 bridgehead atoms. The Morgan fingerprint density at radius 2 is 2.05 bits per heavy atom. The Hall–Kier alpha value is -1.61. The van der Waals surface area contributed by atoms with E-state index in [0.29, 0.717) is 16.6 Å². The van der Waals surface area contributed by atoms with E-state index in [-0.39, 0.29) is 11.9 Å². The summed E-state index contributed by atoms with van der Waals surface area (Å²) >= 11 is 6.09. The quantitative estimate of drug-likeness (QED) is 0.741. The first-order chi connectivity index (χ1) is 10.1. The van der Waals surface area contributed by atoms with Crippen LogP contribution >= 0.6 is 11.6 Å². The van der Waals surface area contributed by atoms with Gasteiger partial charge in [0.2, 0.25) is 0 Å². The highest BCUT2D eigenvalue weighted by molar-refractivity contribution is 6.30. The number of aromatic nitrogens is 1. The number of hydrogen-bond donors (Lipinski definition) is 0. The minimum atomic E-state index is 0.0644. The molecule has 1 aliphatic rings. The Morgan fingerprint density at radius 1 is 1.29 bits per heavy atom. The zero-order valence-electron chi connectivity index (χ0n) is 12.3. The van der Waals surface area contributed by atoms with Gasteiger partial charge in [0.05, 0.1) is 11.1 Å². The summed E-state index contributed by atoms with van der Waals surface area (Å²) in [5, 5.41) is 1.24. The van der Waals surface area contributed by atoms with Crippen LogP contribution in [0, 0.1) is 5.92 Å². The molecule has 2 unspecified atom stereocenters. The van der Waals surface area contributed by atoms with Gasteiger partial charge in [-0.1, -0.05) is 36.7 Å². The van der Waals surface area contributed by atoms with Crippen LogP contribution in [0.25, 0.3) is 10.9 Å². The van der Waals surface area contributed by atoms with E-state index in [2.05, 4.69) is 18.8 Å². The summed E-state index contributed by atoms with van der Waals surface area (Å²) < 4.78 is 0. The molecule has 1 amide bonds. The number of piperidine rings is 1. The van der Waals surface area contributed by atoms with E-state index in [1.165, 1.54) is 6.42 Å². The van der Waals surface area contributed by atoms with Gasteiger partial charge in [-0.15, -0.1) is 0 Å². The van der Waals surface area contributed by atoms with Crippen molar-refractivity contribution < 1.29 is 4.79 Å². The van der Waals surface area contributed by atoms with Crippen molar-refractivity contribution in [3.8, 4) is 0 Å². The molecule has 2 aromatic rings. The third kappa shape index (κ3) is 2.75. The average molecular weight is 303 g/mol. The molecule has 3 rings (SSSR count). The largest absolute Gasteiger partial charge is 0.336 e. The first kappa shape index (κ1) is 14.3. The van der Waals surface area contributed by atoms with Gasteiger partial charge in [0, 0.05) is 18.0 Å². The minimum Gasteiger partial charge on any atom is -0.336 e. The second kappa shape index (κ2) is 5.64. The summed E-state index contributed by atoms with van der Waals surface area (Å²) in [7, 11) is 0. The summed E-state index contributed by atoms with van der Waals surface area (Å²) in [4.78, 5) is 19.2. The lowest BCUT2D eigenvalue weighted by molar-refractivity contribution is 0.0576.